The molecule has 2 aliphatic heterocycles. The number of halogens is 3. The molecule has 0 spiro atoms. The van der Waals surface area contributed by atoms with Crippen molar-refractivity contribution in [2.24, 2.45) is 4.99 Å². The summed E-state index contributed by atoms with van der Waals surface area (Å²) in [6.45, 7) is 4.57. The Kier molecular flexibility index (Phi) is 7.60. The summed E-state index contributed by atoms with van der Waals surface area (Å²) in [7, 11) is 0. The number of guanidine groups is 1. The van der Waals surface area contributed by atoms with Crippen molar-refractivity contribution in [3.63, 3.8) is 0 Å². The highest BCUT2D eigenvalue weighted by Crippen LogP contribution is 2.22. The van der Waals surface area contributed by atoms with Gasteiger partial charge in [0.15, 0.2) is 12.6 Å². The molecule has 0 amide bonds. The average Bonchev–Trinajstić information content (AvgIpc) is 3.24. The number of alkyl halides is 3. The van der Waals surface area contributed by atoms with Crippen molar-refractivity contribution in [3.05, 3.63) is 29.8 Å². The Morgan fingerprint density at radius 2 is 2.10 bits per heavy atom. The Balaban J connectivity index is 1.62. The Hall–Kier alpha value is -2.00. The van der Waals surface area contributed by atoms with Gasteiger partial charge in [0.25, 0.3) is 0 Å². The molecule has 0 aromatic heterocycles. The van der Waals surface area contributed by atoms with Crippen LogP contribution in [0.2, 0.25) is 0 Å². The first-order chi connectivity index (χ1) is 13.9. The SMILES string of the molecule is CCNC(=NCc1cccc(OCC(F)(F)F)c1)N1CCOC(C2CCCO2)C1. The van der Waals surface area contributed by atoms with E-state index in [9.17, 15) is 13.2 Å². The molecular weight excluding hydrogens is 387 g/mol. The zero-order valence-corrected chi connectivity index (χ0v) is 16.6. The second kappa shape index (κ2) is 10.2. The molecule has 1 aromatic rings. The van der Waals surface area contributed by atoms with Gasteiger partial charge in [-0.05, 0) is 37.5 Å². The number of aliphatic imine (C=N–C) groups is 1. The van der Waals surface area contributed by atoms with E-state index < -0.39 is 12.8 Å². The van der Waals surface area contributed by atoms with Gasteiger partial charge in [0.1, 0.15) is 11.9 Å². The van der Waals surface area contributed by atoms with Gasteiger partial charge in [0.2, 0.25) is 0 Å². The minimum absolute atomic E-state index is 0.0224. The van der Waals surface area contributed by atoms with Crippen molar-refractivity contribution < 1.29 is 27.4 Å². The highest BCUT2D eigenvalue weighted by Gasteiger charge is 2.32. The van der Waals surface area contributed by atoms with Crippen LogP contribution in [0.25, 0.3) is 0 Å². The number of nitrogens with zero attached hydrogens (tertiary/aromatic N) is 2. The second-order valence-corrected chi connectivity index (χ2v) is 7.13. The Morgan fingerprint density at radius 3 is 2.83 bits per heavy atom. The number of nitrogens with one attached hydrogen (secondary N) is 1. The number of benzene rings is 1. The third-order valence-electron chi connectivity index (χ3n) is 4.82. The van der Waals surface area contributed by atoms with E-state index >= 15 is 0 Å². The van der Waals surface area contributed by atoms with Gasteiger partial charge < -0.3 is 24.4 Å². The molecule has 0 bridgehead atoms. The third kappa shape index (κ3) is 6.78. The molecule has 3 rings (SSSR count). The minimum atomic E-state index is -4.36. The molecule has 6 nitrogen and oxygen atoms in total. The Morgan fingerprint density at radius 1 is 1.28 bits per heavy atom. The highest BCUT2D eigenvalue weighted by molar-refractivity contribution is 5.80. The molecule has 162 valence electrons. The molecule has 2 heterocycles. The van der Waals surface area contributed by atoms with Crippen molar-refractivity contribution in [2.45, 2.75) is 44.7 Å². The summed E-state index contributed by atoms with van der Waals surface area (Å²) < 4.78 is 53.5. The zero-order valence-electron chi connectivity index (χ0n) is 16.6. The van der Waals surface area contributed by atoms with E-state index in [4.69, 9.17) is 14.2 Å². The van der Waals surface area contributed by atoms with Crippen molar-refractivity contribution in [1.82, 2.24) is 10.2 Å². The number of hydrogen-bond donors (Lipinski definition) is 1. The summed E-state index contributed by atoms with van der Waals surface area (Å²) in [4.78, 5) is 6.83. The van der Waals surface area contributed by atoms with Crippen molar-refractivity contribution in [2.75, 3.05) is 39.5 Å². The van der Waals surface area contributed by atoms with E-state index in [0.717, 1.165) is 44.1 Å². The first-order valence-corrected chi connectivity index (χ1v) is 9.99. The van der Waals surface area contributed by atoms with Gasteiger partial charge in [-0.1, -0.05) is 12.1 Å². The quantitative estimate of drug-likeness (QED) is 0.572. The van der Waals surface area contributed by atoms with Gasteiger partial charge in [0, 0.05) is 26.2 Å². The van der Waals surface area contributed by atoms with E-state index in [1.165, 1.54) is 6.07 Å². The van der Waals surface area contributed by atoms with Gasteiger partial charge in [-0.25, -0.2) is 4.99 Å². The van der Waals surface area contributed by atoms with Gasteiger partial charge in [-0.3, -0.25) is 0 Å². The van der Waals surface area contributed by atoms with Crippen LogP contribution < -0.4 is 10.1 Å². The molecule has 9 heteroatoms. The lowest BCUT2D eigenvalue weighted by Gasteiger charge is -2.37. The fraction of sp³-hybridized carbons (Fsp3) is 0.650. The summed E-state index contributed by atoms with van der Waals surface area (Å²) in [6.07, 6.45) is -2.14. The normalized spacial score (nSPS) is 23.3. The van der Waals surface area contributed by atoms with Gasteiger partial charge in [-0.2, -0.15) is 13.2 Å². The summed E-state index contributed by atoms with van der Waals surface area (Å²) in [5, 5.41) is 3.29. The number of morpholine rings is 1. The molecule has 2 saturated heterocycles. The van der Waals surface area contributed by atoms with E-state index in [2.05, 4.69) is 15.2 Å². The van der Waals surface area contributed by atoms with E-state index in [1.807, 2.05) is 13.0 Å². The first kappa shape index (κ1) is 21.7. The molecule has 1 aromatic carbocycles. The molecule has 2 unspecified atom stereocenters. The molecule has 0 saturated carbocycles. The predicted molar refractivity (Wildman–Crippen MR) is 103 cm³/mol. The van der Waals surface area contributed by atoms with Crippen LogP contribution in [-0.2, 0) is 16.0 Å². The highest BCUT2D eigenvalue weighted by atomic mass is 19.4. The monoisotopic (exact) mass is 415 g/mol. The van der Waals surface area contributed by atoms with Crippen LogP contribution in [0.3, 0.4) is 0 Å². The van der Waals surface area contributed by atoms with Gasteiger partial charge in [0.05, 0.1) is 19.3 Å². The Labute approximate surface area is 169 Å². The molecule has 2 aliphatic rings. The summed E-state index contributed by atoms with van der Waals surface area (Å²) >= 11 is 0. The standard InChI is InChI=1S/C20H28F3N3O3/c1-2-24-19(26-8-10-28-18(13-26)17-7-4-9-27-17)25-12-15-5-3-6-16(11-15)29-14-20(21,22)23/h3,5-6,11,17-18H,2,4,7-10,12-14H2,1H3,(H,24,25). The minimum Gasteiger partial charge on any atom is -0.484 e. The smallest absolute Gasteiger partial charge is 0.422 e. The summed E-state index contributed by atoms with van der Waals surface area (Å²) in [6, 6.07) is 6.60. The largest absolute Gasteiger partial charge is 0.484 e. The lowest BCUT2D eigenvalue weighted by Crippen LogP contribution is -2.53. The maximum atomic E-state index is 12.4. The second-order valence-electron chi connectivity index (χ2n) is 7.13. The van der Waals surface area contributed by atoms with Crippen LogP contribution >= 0.6 is 0 Å². The van der Waals surface area contributed by atoms with Crippen LogP contribution in [0.1, 0.15) is 25.3 Å². The molecule has 2 atom stereocenters. The predicted octanol–water partition coefficient (Wildman–Crippen LogP) is 2.97. The lowest BCUT2D eigenvalue weighted by molar-refractivity contribution is -0.153. The zero-order chi connectivity index (χ0) is 20.7. The third-order valence-corrected chi connectivity index (χ3v) is 4.82. The molecule has 29 heavy (non-hydrogen) atoms. The lowest BCUT2D eigenvalue weighted by atomic mass is 10.1. The van der Waals surface area contributed by atoms with Gasteiger partial charge in [-0.15, -0.1) is 0 Å². The van der Waals surface area contributed by atoms with Gasteiger partial charge >= 0.3 is 6.18 Å². The number of rotatable bonds is 6. The molecule has 1 N–H and O–H groups in total. The van der Waals surface area contributed by atoms with Crippen LogP contribution in [-0.4, -0.2) is 68.7 Å². The first-order valence-electron chi connectivity index (χ1n) is 9.99. The average molecular weight is 415 g/mol. The van der Waals surface area contributed by atoms with Crippen molar-refractivity contribution >= 4 is 5.96 Å². The number of ether oxygens (including phenoxy) is 3. The fourth-order valence-corrected chi connectivity index (χ4v) is 3.48. The molecule has 2 fully saturated rings. The van der Waals surface area contributed by atoms with Crippen molar-refractivity contribution in [1.29, 1.82) is 0 Å². The summed E-state index contributed by atoms with van der Waals surface area (Å²) in [5.41, 5.74) is 0.781. The maximum absolute atomic E-state index is 12.4. The van der Waals surface area contributed by atoms with E-state index in [0.29, 0.717) is 19.7 Å². The topological polar surface area (TPSA) is 55.3 Å². The Bertz CT molecular complexity index is 678. The van der Waals surface area contributed by atoms with E-state index in [-0.39, 0.29) is 18.0 Å². The van der Waals surface area contributed by atoms with Crippen LogP contribution in [0, 0.1) is 0 Å². The van der Waals surface area contributed by atoms with Crippen LogP contribution in [0.5, 0.6) is 5.75 Å². The molecular formula is C20H28F3N3O3. The van der Waals surface area contributed by atoms with E-state index in [1.54, 1.807) is 12.1 Å². The maximum Gasteiger partial charge on any atom is 0.422 e. The number of hydrogen-bond acceptors (Lipinski definition) is 4. The van der Waals surface area contributed by atoms with Crippen LogP contribution in [0.4, 0.5) is 13.2 Å². The molecule has 0 aliphatic carbocycles. The van der Waals surface area contributed by atoms with Crippen molar-refractivity contribution in [3.8, 4) is 5.75 Å². The molecule has 0 radical (unpaired) electrons. The fourth-order valence-electron chi connectivity index (χ4n) is 3.48. The van der Waals surface area contributed by atoms with Crippen LogP contribution in [0.15, 0.2) is 29.3 Å². The summed E-state index contributed by atoms with van der Waals surface area (Å²) in [5.74, 6) is 0.949.